The Morgan fingerprint density at radius 1 is 1.38 bits per heavy atom. The lowest BCUT2D eigenvalue weighted by Crippen LogP contribution is -2.48. The lowest BCUT2D eigenvalue weighted by atomic mass is 9.79. The Bertz CT molecular complexity index is 893. The maximum Gasteiger partial charge on any atom is 0.328 e. The summed E-state index contributed by atoms with van der Waals surface area (Å²) >= 11 is 0.856. The number of amides is 2. The van der Waals surface area contributed by atoms with Crippen molar-refractivity contribution < 1.29 is 19.1 Å². The fourth-order valence-corrected chi connectivity index (χ4v) is 5.35. The van der Waals surface area contributed by atoms with Gasteiger partial charge in [0.15, 0.2) is 0 Å². The topological polar surface area (TPSA) is 66.9 Å². The molecule has 3 rings (SSSR count). The van der Waals surface area contributed by atoms with Crippen LogP contribution in [0.5, 0.6) is 0 Å². The number of methoxy groups -OCH3 is 1. The van der Waals surface area contributed by atoms with Gasteiger partial charge in [0.05, 0.1) is 12.0 Å². The van der Waals surface area contributed by atoms with E-state index < -0.39 is 23.2 Å². The molecule has 0 aromatic heterocycles. The molecule has 0 aliphatic carbocycles. The average molecular weight is 417 g/mol. The largest absolute Gasteiger partial charge is 0.467 e. The van der Waals surface area contributed by atoms with Gasteiger partial charge in [0.25, 0.3) is 11.1 Å². The van der Waals surface area contributed by atoms with Gasteiger partial charge in [0, 0.05) is 17.8 Å². The molecule has 0 radical (unpaired) electrons. The fraction of sp³-hybridized carbons (Fsp3) is 0.500. The second-order valence-electron chi connectivity index (χ2n) is 8.23. The maximum absolute atomic E-state index is 12.7. The number of ether oxygens (including phenoxy) is 1. The van der Waals surface area contributed by atoms with Gasteiger partial charge in [-0.3, -0.25) is 14.5 Å². The van der Waals surface area contributed by atoms with Crippen LogP contribution in [0.15, 0.2) is 23.1 Å². The average Bonchev–Trinajstić information content (AvgIpc) is 2.93. The van der Waals surface area contributed by atoms with Crippen LogP contribution in [0.3, 0.4) is 0 Å². The van der Waals surface area contributed by atoms with Crippen molar-refractivity contribution in [2.45, 2.75) is 58.5 Å². The van der Waals surface area contributed by atoms with Gasteiger partial charge in [-0.1, -0.05) is 13.0 Å². The third kappa shape index (κ3) is 3.80. The second kappa shape index (κ2) is 7.86. The van der Waals surface area contributed by atoms with E-state index in [9.17, 15) is 14.4 Å². The van der Waals surface area contributed by atoms with Crippen LogP contribution < -0.4 is 4.90 Å². The third-order valence-corrected chi connectivity index (χ3v) is 6.66. The predicted molar refractivity (Wildman–Crippen MR) is 116 cm³/mol. The molecule has 0 unspecified atom stereocenters. The number of esters is 1. The molecule has 0 bridgehead atoms. The Morgan fingerprint density at radius 2 is 2.07 bits per heavy atom. The van der Waals surface area contributed by atoms with E-state index in [1.54, 1.807) is 6.08 Å². The summed E-state index contributed by atoms with van der Waals surface area (Å²) < 4.78 is 4.67. The summed E-state index contributed by atoms with van der Waals surface area (Å²) in [4.78, 5) is 40.5. The van der Waals surface area contributed by atoms with E-state index in [0.29, 0.717) is 10.8 Å². The smallest absolute Gasteiger partial charge is 0.328 e. The highest BCUT2D eigenvalue weighted by Crippen LogP contribution is 2.44. The van der Waals surface area contributed by atoms with Crippen LogP contribution in [0.25, 0.3) is 6.08 Å². The number of fused-ring (bicyclic) bond motifs is 1. The Hall–Kier alpha value is -2.28. The third-order valence-electron chi connectivity index (χ3n) is 5.78. The number of nitrogens with zero attached hydrogens (tertiary/aromatic N) is 2. The number of rotatable bonds is 4. The van der Waals surface area contributed by atoms with E-state index in [4.69, 9.17) is 0 Å². The molecule has 1 saturated heterocycles. The second-order valence-corrected chi connectivity index (χ2v) is 9.22. The van der Waals surface area contributed by atoms with Crippen LogP contribution in [-0.4, -0.2) is 47.3 Å². The zero-order chi connectivity index (χ0) is 21.5. The Kier molecular flexibility index (Phi) is 5.81. The molecule has 0 N–H and O–H groups in total. The van der Waals surface area contributed by atoms with Crippen molar-refractivity contribution in [2.24, 2.45) is 0 Å². The van der Waals surface area contributed by atoms with Gasteiger partial charge < -0.3 is 9.64 Å². The van der Waals surface area contributed by atoms with E-state index in [1.165, 1.54) is 25.3 Å². The predicted octanol–water partition coefficient (Wildman–Crippen LogP) is 4.40. The number of carbonyl (C=O) groups excluding carboxylic acids is 3. The summed E-state index contributed by atoms with van der Waals surface area (Å²) in [6.07, 6.45) is 2.78. The van der Waals surface area contributed by atoms with Crippen LogP contribution in [0.1, 0.15) is 58.1 Å². The number of thioether (sulfide) groups is 1. The van der Waals surface area contributed by atoms with Crippen molar-refractivity contribution in [3.63, 3.8) is 0 Å². The molecule has 2 amide bonds. The summed E-state index contributed by atoms with van der Waals surface area (Å²) in [5.74, 6) is -0.677. The minimum absolute atomic E-state index is 0.0926. The number of hydrogen-bond donors (Lipinski definition) is 0. The first-order valence-corrected chi connectivity index (χ1v) is 10.7. The first kappa shape index (κ1) is 21.4. The molecule has 29 heavy (non-hydrogen) atoms. The molecule has 2 aliphatic heterocycles. The molecule has 0 saturated carbocycles. The first-order valence-electron chi connectivity index (χ1n) is 9.87. The lowest BCUT2D eigenvalue weighted by Gasteiger charge is -2.47. The Morgan fingerprint density at radius 3 is 2.69 bits per heavy atom. The van der Waals surface area contributed by atoms with Gasteiger partial charge >= 0.3 is 5.97 Å². The zero-order valence-corrected chi connectivity index (χ0v) is 18.6. The Labute approximate surface area is 176 Å². The summed E-state index contributed by atoms with van der Waals surface area (Å²) in [5, 5.41) is -0.454. The van der Waals surface area contributed by atoms with Gasteiger partial charge in [-0.2, -0.15) is 0 Å². The summed E-state index contributed by atoms with van der Waals surface area (Å²) in [6.45, 7) is 11.3. The molecule has 1 aromatic rings. The van der Waals surface area contributed by atoms with Gasteiger partial charge in [-0.15, -0.1) is 0 Å². The van der Waals surface area contributed by atoms with Crippen molar-refractivity contribution in [1.29, 1.82) is 0 Å². The van der Waals surface area contributed by atoms with Crippen LogP contribution in [0, 0.1) is 0 Å². The maximum atomic E-state index is 12.7. The molecular weight excluding hydrogens is 388 g/mol. The highest BCUT2D eigenvalue weighted by atomic mass is 32.2. The molecule has 1 fully saturated rings. The number of benzene rings is 1. The summed E-state index contributed by atoms with van der Waals surface area (Å²) in [5.41, 5.74) is 3.44. The standard InChI is InChI=1S/C22H28N2O4S/c1-7-23-17-9-8-15(10-16(17)13(2)12-22(23,4)5)11-18-19(25)24(21(27)29-18)14(3)20(26)28-6/h8-11,13-14H,7,12H2,1-6H3/b18-11+/t13-,14-/m1/s1. The zero-order valence-electron chi connectivity index (χ0n) is 17.8. The number of carbonyl (C=O) groups is 3. The highest BCUT2D eigenvalue weighted by molar-refractivity contribution is 8.18. The molecule has 0 spiro atoms. The number of imide groups is 1. The van der Waals surface area contributed by atoms with Crippen molar-refractivity contribution in [3.05, 3.63) is 34.2 Å². The quantitative estimate of drug-likeness (QED) is 0.535. The molecule has 1 aromatic carbocycles. The molecule has 2 atom stereocenters. The molecule has 7 heteroatoms. The summed E-state index contributed by atoms with van der Waals surface area (Å²) in [7, 11) is 1.24. The molecule has 156 valence electrons. The van der Waals surface area contributed by atoms with Crippen LogP contribution in [-0.2, 0) is 14.3 Å². The van der Waals surface area contributed by atoms with E-state index in [2.05, 4.69) is 49.5 Å². The molecular formula is C22H28N2O4S. The van der Waals surface area contributed by atoms with Crippen LogP contribution in [0.4, 0.5) is 10.5 Å². The van der Waals surface area contributed by atoms with Crippen molar-refractivity contribution in [2.75, 3.05) is 18.6 Å². The van der Waals surface area contributed by atoms with Crippen LogP contribution in [0.2, 0.25) is 0 Å². The van der Waals surface area contributed by atoms with Crippen molar-refractivity contribution in [3.8, 4) is 0 Å². The molecule has 6 nitrogen and oxygen atoms in total. The van der Waals surface area contributed by atoms with E-state index in [-0.39, 0.29) is 5.54 Å². The van der Waals surface area contributed by atoms with E-state index in [0.717, 1.165) is 35.2 Å². The molecule has 2 heterocycles. The van der Waals surface area contributed by atoms with Crippen molar-refractivity contribution >= 4 is 40.6 Å². The lowest BCUT2D eigenvalue weighted by molar-refractivity contribution is -0.148. The number of anilines is 1. The number of hydrogen-bond acceptors (Lipinski definition) is 6. The summed E-state index contributed by atoms with van der Waals surface area (Å²) in [6, 6.07) is 5.24. The first-order chi connectivity index (χ1) is 13.6. The fourth-order valence-electron chi connectivity index (χ4n) is 4.44. The molecule has 2 aliphatic rings. The van der Waals surface area contributed by atoms with Gasteiger partial charge in [0.2, 0.25) is 0 Å². The van der Waals surface area contributed by atoms with Gasteiger partial charge in [-0.25, -0.2) is 4.79 Å². The normalized spacial score (nSPS) is 23.4. The Balaban J connectivity index is 1.93. The minimum Gasteiger partial charge on any atom is -0.467 e. The monoisotopic (exact) mass is 416 g/mol. The van der Waals surface area contributed by atoms with Gasteiger partial charge in [-0.05, 0) is 81.1 Å². The van der Waals surface area contributed by atoms with E-state index >= 15 is 0 Å². The highest BCUT2D eigenvalue weighted by Gasteiger charge is 2.41. The minimum atomic E-state index is -0.942. The SMILES string of the molecule is CCN1c2ccc(/C=C3/SC(=O)N([C@H](C)C(=O)OC)C3=O)cc2[C@H](C)CC1(C)C. The van der Waals surface area contributed by atoms with Crippen LogP contribution >= 0.6 is 11.8 Å². The van der Waals surface area contributed by atoms with Crippen molar-refractivity contribution in [1.82, 2.24) is 4.90 Å². The van der Waals surface area contributed by atoms with Gasteiger partial charge in [0.1, 0.15) is 6.04 Å². The van der Waals surface area contributed by atoms with E-state index in [1.807, 2.05) is 6.07 Å².